The summed E-state index contributed by atoms with van der Waals surface area (Å²) in [5, 5.41) is 2.49. The second kappa shape index (κ2) is 6.45. The molecular weight excluding hydrogens is 313 g/mol. The van der Waals surface area contributed by atoms with E-state index >= 15 is 0 Å². The number of halogens is 1. The number of aromatic nitrogens is 3. The highest BCUT2D eigenvalue weighted by atomic mass is 19.1. The Bertz CT molecular complexity index is 866. The van der Waals surface area contributed by atoms with E-state index in [1.54, 1.807) is 37.3 Å². The van der Waals surface area contributed by atoms with Crippen LogP contribution in [-0.4, -0.2) is 27.9 Å². The smallest absolute Gasteiger partial charge is 0.301 e. The number of hydrogen-bond acceptors (Lipinski definition) is 6. The van der Waals surface area contributed by atoms with E-state index in [2.05, 4.69) is 20.3 Å². The van der Waals surface area contributed by atoms with Crippen molar-refractivity contribution < 1.29 is 13.6 Å². The molecular formula is C16H14FN5O2. The highest BCUT2D eigenvalue weighted by Gasteiger charge is 2.14. The summed E-state index contributed by atoms with van der Waals surface area (Å²) in [6.45, 7) is 1.73. The van der Waals surface area contributed by atoms with Gasteiger partial charge in [-0.05, 0) is 25.1 Å². The normalized spacial score (nSPS) is 10.5. The van der Waals surface area contributed by atoms with Gasteiger partial charge in [0.1, 0.15) is 18.4 Å². The first-order chi connectivity index (χ1) is 11.5. The quantitative estimate of drug-likeness (QED) is 0.793. The molecule has 0 spiro atoms. The summed E-state index contributed by atoms with van der Waals surface area (Å²) < 4.78 is 19.0. The average Bonchev–Trinajstić information content (AvgIpc) is 2.99. The second-order valence-corrected chi connectivity index (χ2v) is 5.10. The molecule has 3 rings (SSSR count). The molecule has 1 amide bonds. The van der Waals surface area contributed by atoms with Crippen LogP contribution in [-0.2, 0) is 0 Å². The third kappa shape index (κ3) is 3.37. The number of oxazole rings is 1. The summed E-state index contributed by atoms with van der Waals surface area (Å²) in [5.74, 6) is -1.06. The van der Waals surface area contributed by atoms with Crippen LogP contribution in [0.15, 0.2) is 47.6 Å². The van der Waals surface area contributed by atoms with Crippen molar-refractivity contribution in [3.8, 4) is 0 Å². The average molecular weight is 327 g/mol. The van der Waals surface area contributed by atoms with Gasteiger partial charge in [-0.25, -0.2) is 14.4 Å². The molecule has 1 N–H and O–H groups in total. The van der Waals surface area contributed by atoms with Crippen LogP contribution < -0.4 is 10.2 Å². The van der Waals surface area contributed by atoms with Crippen LogP contribution in [0.5, 0.6) is 0 Å². The maximum Gasteiger partial charge on any atom is 0.301 e. The molecule has 0 unspecified atom stereocenters. The molecule has 2 heterocycles. The van der Waals surface area contributed by atoms with Crippen molar-refractivity contribution in [3.63, 3.8) is 0 Å². The molecule has 0 saturated heterocycles. The van der Waals surface area contributed by atoms with Gasteiger partial charge in [0, 0.05) is 18.3 Å². The largest absolute Gasteiger partial charge is 0.432 e. The minimum Gasteiger partial charge on any atom is -0.432 e. The lowest BCUT2D eigenvalue weighted by atomic mass is 10.1. The Labute approximate surface area is 137 Å². The molecule has 2 aromatic heterocycles. The highest BCUT2D eigenvalue weighted by Crippen LogP contribution is 2.24. The van der Waals surface area contributed by atoms with E-state index in [0.29, 0.717) is 17.1 Å². The van der Waals surface area contributed by atoms with E-state index in [0.717, 1.165) is 6.07 Å². The third-order valence-electron chi connectivity index (χ3n) is 3.31. The van der Waals surface area contributed by atoms with E-state index in [9.17, 15) is 9.18 Å². The van der Waals surface area contributed by atoms with E-state index in [4.69, 9.17) is 4.42 Å². The number of nitrogens with one attached hydrogen (secondary N) is 1. The molecule has 1 aromatic carbocycles. The molecule has 8 heteroatoms. The number of nitrogens with zero attached hydrogens (tertiary/aromatic N) is 4. The van der Waals surface area contributed by atoms with Crippen LogP contribution in [0, 0.1) is 12.7 Å². The van der Waals surface area contributed by atoms with Gasteiger partial charge in [0.15, 0.2) is 0 Å². The predicted molar refractivity (Wildman–Crippen MR) is 85.7 cm³/mol. The molecule has 122 valence electrons. The number of benzene rings is 1. The van der Waals surface area contributed by atoms with Crippen LogP contribution in [0.4, 0.5) is 21.8 Å². The molecule has 0 saturated carbocycles. The number of carbonyl (C=O) groups is 1. The van der Waals surface area contributed by atoms with Crippen molar-refractivity contribution in [3.05, 3.63) is 60.3 Å². The topological polar surface area (TPSA) is 84.2 Å². The summed E-state index contributed by atoms with van der Waals surface area (Å²) in [7, 11) is 1.73. The Balaban J connectivity index is 1.87. The zero-order chi connectivity index (χ0) is 17.1. The fourth-order valence-electron chi connectivity index (χ4n) is 2.09. The first-order valence-corrected chi connectivity index (χ1v) is 7.06. The van der Waals surface area contributed by atoms with Gasteiger partial charge in [-0.2, -0.15) is 4.98 Å². The zero-order valence-corrected chi connectivity index (χ0v) is 13.0. The van der Waals surface area contributed by atoms with Crippen LogP contribution >= 0.6 is 0 Å². The van der Waals surface area contributed by atoms with Gasteiger partial charge in [-0.1, -0.05) is 0 Å². The minimum atomic E-state index is -0.537. The number of carbonyl (C=O) groups excluding carboxylic acids is 1. The fourth-order valence-corrected chi connectivity index (χ4v) is 2.09. The van der Waals surface area contributed by atoms with E-state index in [-0.39, 0.29) is 11.6 Å². The van der Waals surface area contributed by atoms with Crippen molar-refractivity contribution in [1.29, 1.82) is 0 Å². The van der Waals surface area contributed by atoms with Gasteiger partial charge in [0.25, 0.3) is 5.91 Å². The van der Waals surface area contributed by atoms with Gasteiger partial charge < -0.3 is 9.32 Å². The number of rotatable bonds is 4. The SMILES string of the molecule is Cc1coc(NC(=O)c2cc(F)cc(N(C)c3cncnc3)c2)n1. The second-order valence-electron chi connectivity index (χ2n) is 5.10. The molecule has 0 radical (unpaired) electrons. The predicted octanol–water partition coefficient (Wildman–Crippen LogP) is 2.93. The Morgan fingerprint density at radius 3 is 2.62 bits per heavy atom. The molecule has 3 aromatic rings. The Hall–Kier alpha value is -3.29. The van der Waals surface area contributed by atoms with E-state index < -0.39 is 11.7 Å². The van der Waals surface area contributed by atoms with Crippen LogP contribution in [0.2, 0.25) is 0 Å². The van der Waals surface area contributed by atoms with Gasteiger partial charge >= 0.3 is 6.01 Å². The Morgan fingerprint density at radius 1 is 1.21 bits per heavy atom. The van der Waals surface area contributed by atoms with Gasteiger partial charge in [-0.15, -0.1) is 0 Å². The molecule has 24 heavy (non-hydrogen) atoms. The van der Waals surface area contributed by atoms with Crippen molar-refractivity contribution in [2.24, 2.45) is 0 Å². The number of anilines is 3. The molecule has 0 bridgehead atoms. The lowest BCUT2D eigenvalue weighted by Gasteiger charge is -2.19. The molecule has 0 aliphatic carbocycles. The van der Waals surface area contributed by atoms with Gasteiger partial charge in [-0.3, -0.25) is 10.1 Å². The van der Waals surface area contributed by atoms with Crippen molar-refractivity contribution in [2.75, 3.05) is 17.3 Å². The first-order valence-electron chi connectivity index (χ1n) is 7.06. The lowest BCUT2D eigenvalue weighted by Crippen LogP contribution is -2.15. The molecule has 0 fully saturated rings. The minimum absolute atomic E-state index is 0.0631. The number of aryl methyl sites for hydroxylation is 1. The first kappa shape index (κ1) is 15.6. The molecule has 0 aliphatic heterocycles. The molecule has 0 atom stereocenters. The standard InChI is InChI=1S/C16H14FN5O2/c1-10-8-24-16(20-10)21-15(23)11-3-12(17)5-13(4-11)22(2)14-6-18-9-19-7-14/h3-9H,1-2H3,(H,20,21,23). The number of hydrogen-bond donors (Lipinski definition) is 1. The highest BCUT2D eigenvalue weighted by molar-refractivity contribution is 6.03. The van der Waals surface area contributed by atoms with E-state index in [1.165, 1.54) is 18.7 Å². The Morgan fingerprint density at radius 2 is 1.96 bits per heavy atom. The monoisotopic (exact) mass is 327 g/mol. The lowest BCUT2D eigenvalue weighted by molar-refractivity contribution is 0.102. The molecule has 0 aliphatic rings. The summed E-state index contributed by atoms with van der Waals surface area (Å²) in [6, 6.07) is 4.08. The maximum absolute atomic E-state index is 13.9. The summed E-state index contributed by atoms with van der Waals surface area (Å²) in [5.41, 5.74) is 1.93. The van der Waals surface area contributed by atoms with Gasteiger partial charge in [0.05, 0.1) is 23.8 Å². The van der Waals surface area contributed by atoms with Crippen molar-refractivity contribution in [2.45, 2.75) is 6.92 Å². The van der Waals surface area contributed by atoms with Crippen molar-refractivity contribution in [1.82, 2.24) is 15.0 Å². The zero-order valence-electron chi connectivity index (χ0n) is 13.0. The van der Waals surface area contributed by atoms with Gasteiger partial charge in [0.2, 0.25) is 0 Å². The maximum atomic E-state index is 13.9. The van der Waals surface area contributed by atoms with Crippen LogP contribution in [0.1, 0.15) is 16.1 Å². The van der Waals surface area contributed by atoms with Crippen molar-refractivity contribution >= 4 is 23.3 Å². The van der Waals surface area contributed by atoms with Crippen LogP contribution in [0.3, 0.4) is 0 Å². The summed E-state index contributed by atoms with van der Waals surface area (Å²) in [6.07, 6.45) is 6.00. The number of amides is 1. The van der Waals surface area contributed by atoms with Crippen LogP contribution in [0.25, 0.3) is 0 Å². The summed E-state index contributed by atoms with van der Waals surface area (Å²) in [4.78, 5) is 25.8. The Kier molecular flexibility index (Phi) is 4.19. The molecule has 7 nitrogen and oxygen atoms in total. The third-order valence-corrected chi connectivity index (χ3v) is 3.31. The summed E-state index contributed by atoms with van der Waals surface area (Å²) >= 11 is 0. The fraction of sp³-hybridized carbons (Fsp3) is 0.125. The van der Waals surface area contributed by atoms with E-state index in [1.807, 2.05) is 0 Å².